The molecule has 1 aliphatic rings. The van der Waals surface area contributed by atoms with Gasteiger partial charge in [-0.3, -0.25) is 4.79 Å². The maximum absolute atomic E-state index is 12.3. The number of nitrogens with zero attached hydrogens (tertiary/aromatic N) is 1. The first-order valence-electron chi connectivity index (χ1n) is 7.58. The lowest BCUT2D eigenvalue weighted by atomic mass is 9.85. The Morgan fingerprint density at radius 3 is 2.85 bits per heavy atom. The van der Waals surface area contributed by atoms with Crippen LogP contribution >= 0.6 is 0 Å². The summed E-state index contributed by atoms with van der Waals surface area (Å²) in [5, 5.41) is 0. The Morgan fingerprint density at radius 1 is 1.30 bits per heavy atom. The molecule has 1 amide bonds. The van der Waals surface area contributed by atoms with Crippen LogP contribution in [0, 0.1) is 5.41 Å². The predicted molar refractivity (Wildman–Crippen MR) is 83.4 cm³/mol. The van der Waals surface area contributed by atoms with Crippen LogP contribution in [0.15, 0.2) is 24.3 Å². The number of aryl methyl sites for hydroxylation is 1. The third-order valence-electron chi connectivity index (χ3n) is 4.27. The van der Waals surface area contributed by atoms with Crippen molar-refractivity contribution in [2.45, 2.75) is 46.0 Å². The minimum Gasteiger partial charge on any atom is -0.399 e. The molecule has 0 radical (unpaired) electrons. The number of hydrogen-bond donors (Lipinski definition) is 1. The highest BCUT2D eigenvalue weighted by molar-refractivity contribution is 5.76. The van der Waals surface area contributed by atoms with E-state index in [4.69, 9.17) is 5.73 Å². The number of benzene rings is 1. The van der Waals surface area contributed by atoms with Gasteiger partial charge in [0, 0.05) is 25.2 Å². The Bertz CT molecular complexity index is 468. The van der Waals surface area contributed by atoms with Gasteiger partial charge in [0.15, 0.2) is 0 Å². The van der Waals surface area contributed by atoms with Gasteiger partial charge in [0.05, 0.1) is 0 Å². The molecule has 3 nitrogen and oxygen atoms in total. The number of amides is 1. The zero-order chi connectivity index (χ0) is 14.6. The van der Waals surface area contributed by atoms with Crippen molar-refractivity contribution in [3.05, 3.63) is 29.8 Å². The fourth-order valence-corrected chi connectivity index (χ4v) is 2.83. The van der Waals surface area contributed by atoms with E-state index >= 15 is 0 Å². The zero-order valence-electron chi connectivity index (χ0n) is 12.7. The average Bonchev–Trinajstić information content (AvgIpc) is 2.57. The van der Waals surface area contributed by atoms with Gasteiger partial charge >= 0.3 is 0 Å². The average molecular weight is 274 g/mol. The van der Waals surface area contributed by atoms with E-state index < -0.39 is 0 Å². The number of nitrogen functional groups attached to an aromatic ring is 1. The van der Waals surface area contributed by atoms with E-state index in [0.717, 1.165) is 43.6 Å². The second-order valence-corrected chi connectivity index (χ2v) is 6.64. The van der Waals surface area contributed by atoms with Gasteiger partial charge in [0.25, 0.3) is 0 Å². The summed E-state index contributed by atoms with van der Waals surface area (Å²) in [6, 6.07) is 7.82. The first-order chi connectivity index (χ1) is 9.46. The lowest BCUT2D eigenvalue weighted by molar-refractivity contribution is -0.131. The lowest BCUT2D eigenvalue weighted by Gasteiger charge is -2.23. The summed E-state index contributed by atoms with van der Waals surface area (Å²) < 4.78 is 0. The quantitative estimate of drug-likeness (QED) is 0.860. The molecule has 0 bridgehead atoms. The minimum atomic E-state index is 0.283. The number of carbonyl (C=O) groups is 1. The predicted octanol–water partition coefficient (Wildman–Crippen LogP) is 3.24. The van der Waals surface area contributed by atoms with Gasteiger partial charge in [-0.15, -0.1) is 0 Å². The Hall–Kier alpha value is -1.51. The molecule has 0 unspecified atom stereocenters. The SMILES string of the molecule is CC1(C)CCCN(C(=O)CCc2cccc(N)c2)CC1. The highest BCUT2D eigenvalue weighted by Crippen LogP contribution is 2.29. The van der Waals surface area contributed by atoms with Crippen molar-refractivity contribution in [3.8, 4) is 0 Å². The second-order valence-electron chi connectivity index (χ2n) is 6.64. The van der Waals surface area contributed by atoms with Gasteiger partial charge in [-0.1, -0.05) is 26.0 Å². The first kappa shape index (κ1) is 14.9. The van der Waals surface area contributed by atoms with Gasteiger partial charge in [-0.25, -0.2) is 0 Å². The van der Waals surface area contributed by atoms with Crippen molar-refractivity contribution in [1.29, 1.82) is 0 Å². The molecule has 1 aromatic carbocycles. The molecule has 20 heavy (non-hydrogen) atoms. The Kier molecular flexibility index (Phi) is 4.69. The minimum absolute atomic E-state index is 0.283. The summed E-state index contributed by atoms with van der Waals surface area (Å²) in [4.78, 5) is 14.4. The Morgan fingerprint density at radius 2 is 2.10 bits per heavy atom. The van der Waals surface area contributed by atoms with Crippen molar-refractivity contribution < 1.29 is 4.79 Å². The molecule has 2 rings (SSSR count). The summed E-state index contributed by atoms with van der Waals surface area (Å²) in [6.45, 7) is 6.42. The fourth-order valence-electron chi connectivity index (χ4n) is 2.83. The van der Waals surface area contributed by atoms with Crippen LogP contribution in [0.1, 0.15) is 45.1 Å². The van der Waals surface area contributed by atoms with Crippen molar-refractivity contribution >= 4 is 11.6 Å². The molecule has 1 saturated heterocycles. The number of likely N-dealkylation sites (tertiary alicyclic amines) is 1. The van der Waals surface area contributed by atoms with Gasteiger partial charge in [0.1, 0.15) is 0 Å². The van der Waals surface area contributed by atoms with E-state index in [0.29, 0.717) is 11.8 Å². The van der Waals surface area contributed by atoms with Crippen LogP contribution in [0.2, 0.25) is 0 Å². The second kappa shape index (κ2) is 6.29. The number of hydrogen-bond acceptors (Lipinski definition) is 2. The maximum atomic E-state index is 12.3. The Balaban J connectivity index is 1.85. The van der Waals surface area contributed by atoms with Gasteiger partial charge < -0.3 is 10.6 Å². The summed E-state index contributed by atoms with van der Waals surface area (Å²) >= 11 is 0. The molecular weight excluding hydrogens is 248 g/mol. The molecule has 2 N–H and O–H groups in total. The lowest BCUT2D eigenvalue weighted by Crippen LogP contribution is -2.32. The van der Waals surface area contributed by atoms with Gasteiger partial charge in [-0.2, -0.15) is 0 Å². The van der Waals surface area contributed by atoms with Gasteiger partial charge in [-0.05, 0) is 48.8 Å². The van der Waals surface area contributed by atoms with Crippen molar-refractivity contribution in [1.82, 2.24) is 4.90 Å². The van der Waals surface area contributed by atoms with Crippen molar-refractivity contribution in [3.63, 3.8) is 0 Å². The topological polar surface area (TPSA) is 46.3 Å². The molecule has 1 aromatic rings. The van der Waals surface area contributed by atoms with Crippen LogP contribution in [0.4, 0.5) is 5.69 Å². The van der Waals surface area contributed by atoms with E-state index in [2.05, 4.69) is 13.8 Å². The smallest absolute Gasteiger partial charge is 0.222 e. The molecule has 0 atom stereocenters. The largest absolute Gasteiger partial charge is 0.399 e. The van der Waals surface area contributed by atoms with Crippen LogP contribution in [-0.2, 0) is 11.2 Å². The van der Waals surface area contributed by atoms with E-state index in [1.54, 1.807) is 0 Å². The van der Waals surface area contributed by atoms with E-state index in [1.807, 2.05) is 29.2 Å². The third kappa shape index (κ3) is 4.26. The number of nitrogens with two attached hydrogens (primary N) is 1. The summed E-state index contributed by atoms with van der Waals surface area (Å²) in [5.41, 5.74) is 8.06. The van der Waals surface area contributed by atoms with E-state index in [-0.39, 0.29) is 5.91 Å². The first-order valence-corrected chi connectivity index (χ1v) is 7.58. The highest BCUT2D eigenvalue weighted by atomic mass is 16.2. The molecule has 3 heteroatoms. The van der Waals surface area contributed by atoms with Crippen LogP contribution in [0.5, 0.6) is 0 Å². The van der Waals surface area contributed by atoms with Crippen LogP contribution in [-0.4, -0.2) is 23.9 Å². The molecule has 0 aromatic heterocycles. The number of carbonyl (C=O) groups excluding carboxylic acids is 1. The molecule has 1 aliphatic heterocycles. The van der Waals surface area contributed by atoms with Crippen LogP contribution in [0.3, 0.4) is 0 Å². The van der Waals surface area contributed by atoms with Gasteiger partial charge in [0.2, 0.25) is 5.91 Å². The number of rotatable bonds is 3. The number of anilines is 1. The zero-order valence-corrected chi connectivity index (χ0v) is 12.7. The monoisotopic (exact) mass is 274 g/mol. The molecule has 110 valence electrons. The van der Waals surface area contributed by atoms with Crippen molar-refractivity contribution in [2.75, 3.05) is 18.8 Å². The standard InChI is InChI=1S/C17H26N2O/c1-17(2)9-4-11-19(12-10-17)16(20)8-7-14-5-3-6-15(18)13-14/h3,5-6,13H,4,7-12,18H2,1-2H3. The summed E-state index contributed by atoms with van der Waals surface area (Å²) in [6.07, 6.45) is 4.81. The molecule has 0 saturated carbocycles. The van der Waals surface area contributed by atoms with Crippen molar-refractivity contribution in [2.24, 2.45) is 5.41 Å². The molecule has 1 fully saturated rings. The maximum Gasteiger partial charge on any atom is 0.222 e. The van der Waals surface area contributed by atoms with Crippen LogP contribution < -0.4 is 5.73 Å². The van der Waals surface area contributed by atoms with E-state index in [1.165, 1.54) is 6.42 Å². The molecule has 0 spiro atoms. The highest BCUT2D eigenvalue weighted by Gasteiger charge is 2.25. The summed E-state index contributed by atoms with van der Waals surface area (Å²) in [5.74, 6) is 0.283. The van der Waals surface area contributed by atoms with E-state index in [9.17, 15) is 4.79 Å². The summed E-state index contributed by atoms with van der Waals surface area (Å²) in [7, 11) is 0. The molecular formula is C17H26N2O. The molecule has 0 aliphatic carbocycles. The normalized spacial score (nSPS) is 18.6. The fraction of sp³-hybridized carbons (Fsp3) is 0.588. The third-order valence-corrected chi connectivity index (χ3v) is 4.27. The Labute approximate surface area is 122 Å². The molecule has 1 heterocycles. The van der Waals surface area contributed by atoms with Crippen LogP contribution in [0.25, 0.3) is 0 Å².